The van der Waals surface area contributed by atoms with Crippen molar-refractivity contribution in [2.24, 2.45) is 5.92 Å². The highest BCUT2D eigenvalue weighted by molar-refractivity contribution is 5.91. The molecule has 21 heavy (non-hydrogen) atoms. The molecule has 1 amide bonds. The van der Waals surface area contributed by atoms with Crippen LogP contribution in [0.5, 0.6) is 0 Å². The Morgan fingerprint density at radius 1 is 1.43 bits per heavy atom. The molecular weight excluding hydrogens is 272 g/mol. The first-order valence-corrected chi connectivity index (χ1v) is 6.96. The first-order valence-electron chi connectivity index (χ1n) is 6.96. The Labute approximate surface area is 123 Å². The molecule has 1 aromatic rings. The molecule has 1 aliphatic heterocycles. The van der Waals surface area contributed by atoms with Crippen molar-refractivity contribution >= 4 is 17.6 Å². The lowest BCUT2D eigenvalue weighted by Gasteiger charge is -2.27. The van der Waals surface area contributed by atoms with Gasteiger partial charge in [-0.25, -0.2) is 0 Å². The van der Waals surface area contributed by atoms with Crippen molar-refractivity contribution in [2.75, 3.05) is 25.0 Å². The molecule has 0 aromatic heterocycles. The number of nitrogens with one attached hydrogen (secondary N) is 2. The zero-order valence-electron chi connectivity index (χ0n) is 12.0. The van der Waals surface area contributed by atoms with Crippen LogP contribution in [0.2, 0.25) is 0 Å². The van der Waals surface area contributed by atoms with Gasteiger partial charge in [-0.2, -0.15) is 0 Å². The van der Waals surface area contributed by atoms with Gasteiger partial charge >= 0.3 is 5.97 Å². The van der Waals surface area contributed by atoms with Gasteiger partial charge in [0.2, 0.25) is 5.91 Å². The average Bonchev–Trinajstić information content (AvgIpc) is 2.45. The van der Waals surface area contributed by atoms with Gasteiger partial charge in [-0.3, -0.25) is 9.59 Å². The predicted octanol–water partition coefficient (Wildman–Crippen LogP) is 1.01. The molecule has 0 aliphatic carbocycles. The summed E-state index contributed by atoms with van der Waals surface area (Å²) in [5.74, 6) is -1.53. The molecule has 1 heterocycles. The molecule has 1 saturated heterocycles. The van der Waals surface area contributed by atoms with Crippen LogP contribution in [0.3, 0.4) is 0 Å². The lowest BCUT2D eigenvalue weighted by molar-refractivity contribution is -0.144. The molecule has 2 atom stereocenters. The number of piperidine rings is 1. The van der Waals surface area contributed by atoms with Crippen molar-refractivity contribution in [1.29, 1.82) is 0 Å². The van der Waals surface area contributed by atoms with E-state index in [9.17, 15) is 9.59 Å². The maximum Gasteiger partial charge on any atom is 0.307 e. The van der Waals surface area contributed by atoms with Crippen LogP contribution in [0.25, 0.3) is 0 Å². The molecule has 0 saturated carbocycles. The van der Waals surface area contributed by atoms with Crippen LogP contribution < -0.4 is 10.6 Å². The van der Waals surface area contributed by atoms with Gasteiger partial charge in [-0.1, -0.05) is 12.1 Å². The fourth-order valence-electron chi connectivity index (χ4n) is 2.33. The highest BCUT2D eigenvalue weighted by Gasteiger charge is 2.27. The number of carboxylic acids is 1. The molecule has 0 radical (unpaired) electrons. The molecule has 0 bridgehead atoms. The van der Waals surface area contributed by atoms with Crippen LogP contribution in [0.15, 0.2) is 24.3 Å². The summed E-state index contributed by atoms with van der Waals surface area (Å²) in [5.41, 5.74) is 1.79. The van der Waals surface area contributed by atoms with E-state index in [1.165, 1.54) is 0 Å². The Kier molecular flexibility index (Phi) is 5.30. The predicted molar refractivity (Wildman–Crippen MR) is 78.2 cm³/mol. The van der Waals surface area contributed by atoms with E-state index >= 15 is 0 Å². The standard InChI is InChI=1S/C15H20N2O4/c1-10-3-2-4-12(5-10)17-14(18)9-21-13-6-11(15(19)20)7-16-8-13/h2-5,11,13,16H,6-9H2,1H3,(H,17,18)(H,19,20). The second-order valence-electron chi connectivity index (χ2n) is 5.28. The molecule has 0 spiro atoms. The number of rotatable bonds is 5. The Morgan fingerprint density at radius 2 is 2.24 bits per heavy atom. The number of carbonyl (C=O) groups is 2. The number of benzene rings is 1. The first-order chi connectivity index (χ1) is 10.0. The van der Waals surface area contributed by atoms with E-state index in [4.69, 9.17) is 9.84 Å². The van der Waals surface area contributed by atoms with Crippen LogP contribution in [-0.2, 0) is 14.3 Å². The first kappa shape index (κ1) is 15.5. The van der Waals surface area contributed by atoms with E-state index in [1.807, 2.05) is 31.2 Å². The topological polar surface area (TPSA) is 87.7 Å². The lowest BCUT2D eigenvalue weighted by atomic mass is 9.98. The third-order valence-electron chi connectivity index (χ3n) is 3.41. The Hall–Kier alpha value is -1.92. The summed E-state index contributed by atoms with van der Waals surface area (Å²) in [6, 6.07) is 7.51. The minimum atomic E-state index is -0.833. The van der Waals surface area contributed by atoms with E-state index in [-0.39, 0.29) is 18.6 Å². The summed E-state index contributed by atoms with van der Waals surface area (Å²) >= 11 is 0. The summed E-state index contributed by atoms with van der Waals surface area (Å²) in [6.45, 7) is 2.89. The molecule has 1 aromatic carbocycles. The van der Waals surface area contributed by atoms with Crippen molar-refractivity contribution < 1.29 is 19.4 Å². The molecule has 6 heteroatoms. The SMILES string of the molecule is Cc1cccc(NC(=O)COC2CNCC(C(=O)O)C2)c1. The van der Waals surface area contributed by atoms with E-state index < -0.39 is 11.9 Å². The van der Waals surface area contributed by atoms with Crippen molar-refractivity contribution in [2.45, 2.75) is 19.4 Å². The third-order valence-corrected chi connectivity index (χ3v) is 3.41. The fraction of sp³-hybridized carbons (Fsp3) is 0.467. The van der Waals surface area contributed by atoms with Gasteiger partial charge in [0.25, 0.3) is 0 Å². The second-order valence-corrected chi connectivity index (χ2v) is 5.28. The van der Waals surface area contributed by atoms with Crippen LogP contribution >= 0.6 is 0 Å². The Morgan fingerprint density at radius 3 is 2.95 bits per heavy atom. The maximum absolute atomic E-state index is 11.8. The zero-order chi connectivity index (χ0) is 15.2. The fourth-order valence-corrected chi connectivity index (χ4v) is 2.33. The van der Waals surface area contributed by atoms with Gasteiger partial charge in [0, 0.05) is 18.8 Å². The molecule has 2 unspecified atom stereocenters. The highest BCUT2D eigenvalue weighted by atomic mass is 16.5. The van der Waals surface area contributed by atoms with Gasteiger partial charge in [0.05, 0.1) is 12.0 Å². The normalized spacial score (nSPS) is 21.8. The number of ether oxygens (including phenoxy) is 1. The Balaban J connectivity index is 1.77. The van der Waals surface area contributed by atoms with Crippen LogP contribution in [0.4, 0.5) is 5.69 Å². The van der Waals surface area contributed by atoms with Gasteiger partial charge in [0.1, 0.15) is 6.61 Å². The average molecular weight is 292 g/mol. The number of aliphatic carboxylic acids is 1. The van der Waals surface area contributed by atoms with Crippen molar-refractivity contribution in [3.63, 3.8) is 0 Å². The molecule has 3 N–H and O–H groups in total. The quantitative estimate of drug-likeness (QED) is 0.754. The van der Waals surface area contributed by atoms with Gasteiger partial charge < -0.3 is 20.5 Å². The second kappa shape index (κ2) is 7.19. The smallest absolute Gasteiger partial charge is 0.307 e. The molecule has 2 rings (SSSR count). The molecule has 114 valence electrons. The zero-order valence-corrected chi connectivity index (χ0v) is 12.0. The van der Waals surface area contributed by atoms with E-state index in [0.717, 1.165) is 11.3 Å². The molecule has 1 fully saturated rings. The monoisotopic (exact) mass is 292 g/mol. The van der Waals surface area contributed by atoms with Gasteiger partial charge in [-0.05, 0) is 31.0 Å². The van der Waals surface area contributed by atoms with Crippen LogP contribution in [0.1, 0.15) is 12.0 Å². The molecule has 1 aliphatic rings. The molecule has 6 nitrogen and oxygen atoms in total. The van der Waals surface area contributed by atoms with Gasteiger partial charge in [0.15, 0.2) is 0 Å². The minimum absolute atomic E-state index is 0.0768. The van der Waals surface area contributed by atoms with Crippen LogP contribution in [-0.4, -0.2) is 42.8 Å². The van der Waals surface area contributed by atoms with Gasteiger partial charge in [-0.15, -0.1) is 0 Å². The minimum Gasteiger partial charge on any atom is -0.481 e. The number of hydrogen-bond acceptors (Lipinski definition) is 4. The number of aryl methyl sites for hydroxylation is 1. The number of carboxylic acid groups (broad SMARTS) is 1. The highest BCUT2D eigenvalue weighted by Crippen LogP contribution is 2.14. The third kappa shape index (κ3) is 4.84. The van der Waals surface area contributed by atoms with Crippen molar-refractivity contribution in [3.05, 3.63) is 29.8 Å². The number of anilines is 1. The maximum atomic E-state index is 11.8. The molecular formula is C15H20N2O4. The number of hydrogen-bond donors (Lipinski definition) is 3. The van der Waals surface area contributed by atoms with Crippen LogP contribution in [0, 0.1) is 12.8 Å². The van der Waals surface area contributed by atoms with Crippen molar-refractivity contribution in [1.82, 2.24) is 5.32 Å². The summed E-state index contributed by atoms with van der Waals surface area (Å²) in [5, 5.41) is 14.7. The van der Waals surface area contributed by atoms with E-state index in [1.54, 1.807) is 0 Å². The summed E-state index contributed by atoms with van der Waals surface area (Å²) < 4.78 is 5.49. The van der Waals surface area contributed by atoms with E-state index in [2.05, 4.69) is 10.6 Å². The number of amides is 1. The van der Waals surface area contributed by atoms with E-state index in [0.29, 0.717) is 19.5 Å². The summed E-state index contributed by atoms with van der Waals surface area (Å²) in [7, 11) is 0. The number of carbonyl (C=O) groups excluding carboxylic acids is 1. The lowest BCUT2D eigenvalue weighted by Crippen LogP contribution is -2.44. The largest absolute Gasteiger partial charge is 0.481 e. The summed E-state index contributed by atoms with van der Waals surface area (Å²) in [4.78, 5) is 22.7. The van der Waals surface area contributed by atoms with Crippen molar-refractivity contribution in [3.8, 4) is 0 Å². The Bertz CT molecular complexity index is 518. The summed E-state index contributed by atoms with van der Waals surface area (Å²) in [6.07, 6.45) is 0.183.